The zero-order valence-corrected chi connectivity index (χ0v) is 11.5. The Labute approximate surface area is 116 Å². The van der Waals surface area contributed by atoms with Gasteiger partial charge in [-0.1, -0.05) is 0 Å². The normalized spacial score (nSPS) is 9.95. The summed E-state index contributed by atoms with van der Waals surface area (Å²) >= 11 is 0. The van der Waals surface area contributed by atoms with Gasteiger partial charge in [-0.2, -0.15) is 15.0 Å². The summed E-state index contributed by atoms with van der Waals surface area (Å²) in [5, 5.41) is 5.59. The van der Waals surface area contributed by atoms with E-state index in [1.165, 1.54) is 7.11 Å². The highest BCUT2D eigenvalue weighted by molar-refractivity contribution is 5.76. The molecular formula is C10H19N7O3. The summed E-state index contributed by atoms with van der Waals surface area (Å²) < 4.78 is 9.73. The lowest BCUT2D eigenvalue weighted by molar-refractivity contribution is -0.121. The van der Waals surface area contributed by atoms with Crippen molar-refractivity contribution in [3.05, 3.63) is 0 Å². The van der Waals surface area contributed by atoms with E-state index in [0.717, 1.165) is 0 Å². The smallest absolute Gasteiger partial charge is 0.322 e. The van der Waals surface area contributed by atoms with E-state index in [0.29, 0.717) is 19.7 Å². The van der Waals surface area contributed by atoms with E-state index < -0.39 is 0 Å². The third-order valence-electron chi connectivity index (χ3n) is 2.19. The predicted molar refractivity (Wildman–Crippen MR) is 72.2 cm³/mol. The molecule has 0 saturated carbocycles. The summed E-state index contributed by atoms with van der Waals surface area (Å²) in [4.78, 5) is 23.2. The largest absolute Gasteiger partial charge is 0.467 e. The number of nitrogen functional groups attached to an aromatic ring is 1. The van der Waals surface area contributed by atoms with E-state index in [-0.39, 0.29) is 30.2 Å². The van der Waals surface area contributed by atoms with Crippen LogP contribution in [0.4, 0.5) is 11.9 Å². The minimum atomic E-state index is -0.0901. The molecule has 0 atom stereocenters. The summed E-state index contributed by atoms with van der Waals surface area (Å²) in [5.74, 6) is 5.58. The molecule has 1 heterocycles. The number of carbonyl (C=O) groups excluding carboxylic acids is 1. The Balaban J connectivity index is 2.39. The van der Waals surface area contributed by atoms with Crippen molar-refractivity contribution >= 4 is 17.8 Å². The van der Waals surface area contributed by atoms with Crippen LogP contribution in [0.3, 0.4) is 0 Å². The molecule has 20 heavy (non-hydrogen) atoms. The number of rotatable bonds is 9. The maximum absolute atomic E-state index is 11.4. The van der Waals surface area contributed by atoms with Crippen LogP contribution in [0.5, 0.6) is 6.01 Å². The van der Waals surface area contributed by atoms with E-state index in [2.05, 4.69) is 31.0 Å². The van der Waals surface area contributed by atoms with Crippen molar-refractivity contribution in [3.63, 3.8) is 0 Å². The molecule has 1 amide bonds. The van der Waals surface area contributed by atoms with Crippen LogP contribution < -0.4 is 26.6 Å². The maximum atomic E-state index is 11.4. The van der Waals surface area contributed by atoms with Crippen LogP contribution in [0.1, 0.15) is 6.42 Å². The summed E-state index contributed by atoms with van der Waals surface area (Å²) in [6.45, 7) is 1.33. The SMILES string of the molecule is COCCNC(=O)CCNc1nc(NN)nc(OC)n1. The topological polar surface area (TPSA) is 136 Å². The first-order chi connectivity index (χ1) is 9.69. The molecule has 1 aromatic heterocycles. The lowest BCUT2D eigenvalue weighted by Gasteiger charge is -2.08. The van der Waals surface area contributed by atoms with Crippen molar-refractivity contribution < 1.29 is 14.3 Å². The van der Waals surface area contributed by atoms with Gasteiger partial charge in [0.1, 0.15) is 0 Å². The van der Waals surface area contributed by atoms with Gasteiger partial charge in [0, 0.05) is 26.6 Å². The van der Waals surface area contributed by atoms with Gasteiger partial charge in [0.2, 0.25) is 17.8 Å². The Hall–Kier alpha value is -2.20. The molecule has 0 saturated heterocycles. The van der Waals surface area contributed by atoms with Gasteiger partial charge in [-0.05, 0) is 0 Å². The molecule has 1 aromatic rings. The van der Waals surface area contributed by atoms with Crippen molar-refractivity contribution in [2.75, 3.05) is 44.7 Å². The van der Waals surface area contributed by atoms with E-state index in [1.54, 1.807) is 7.11 Å². The van der Waals surface area contributed by atoms with E-state index in [1.807, 2.05) is 0 Å². The molecule has 0 aromatic carbocycles. The van der Waals surface area contributed by atoms with Crippen LogP contribution in [0.15, 0.2) is 0 Å². The number of nitrogens with zero attached hydrogens (tertiary/aromatic N) is 3. The first kappa shape index (κ1) is 15.9. The van der Waals surface area contributed by atoms with Crippen molar-refractivity contribution in [2.24, 2.45) is 5.84 Å². The summed E-state index contributed by atoms with van der Waals surface area (Å²) in [6.07, 6.45) is 0.281. The lowest BCUT2D eigenvalue weighted by atomic mass is 10.4. The van der Waals surface area contributed by atoms with Crippen LogP contribution in [0.2, 0.25) is 0 Å². The highest BCUT2D eigenvalue weighted by atomic mass is 16.5. The van der Waals surface area contributed by atoms with Gasteiger partial charge in [-0.3, -0.25) is 10.2 Å². The quantitative estimate of drug-likeness (QED) is 0.248. The molecule has 10 heteroatoms. The molecule has 0 fully saturated rings. The first-order valence-electron chi connectivity index (χ1n) is 5.95. The van der Waals surface area contributed by atoms with Crippen molar-refractivity contribution in [3.8, 4) is 6.01 Å². The second-order valence-corrected chi connectivity index (χ2v) is 3.63. The second-order valence-electron chi connectivity index (χ2n) is 3.63. The van der Waals surface area contributed by atoms with Crippen LogP contribution in [-0.4, -0.2) is 54.8 Å². The van der Waals surface area contributed by atoms with Crippen LogP contribution in [0.25, 0.3) is 0 Å². The maximum Gasteiger partial charge on any atom is 0.322 e. The third kappa shape index (κ3) is 5.63. The van der Waals surface area contributed by atoms with Gasteiger partial charge < -0.3 is 20.1 Å². The monoisotopic (exact) mass is 285 g/mol. The predicted octanol–water partition coefficient (Wildman–Crippen LogP) is -1.27. The Kier molecular flexibility index (Phi) is 7.00. The number of aromatic nitrogens is 3. The molecule has 0 aliphatic carbocycles. The lowest BCUT2D eigenvalue weighted by Crippen LogP contribution is -2.28. The Morgan fingerprint density at radius 2 is 1.95 bits per heavy atom. The van der Waals surface area contributed by atoms with Gasteiger partial charge in [0.05, 0.1) is 13.7 Å². The molecule has 5 N–H and O–H groups in total. The highest BCUT2D eigenvalue weighted by Gasteiger charge is 2.06. The number of carbonyl (C=O) groups is 1. The van der Waals surface area contributed by atoms with Crippen molar-refractivity contribution in [2.45, 2.75) is 6.42 Å². The van der Waals surface area contributed by atoms with Gasteiger partial charge in [-0.25, -0.2) is 5.84 Å². The number of nitrogens with one attached hydrogen (secondary N) is 3. The van der Waals surface area contributed by atoms with Gasteiger partial charge >= 0.3 is 6.01 Å². The molecule has 0 unspecified atom stereocenters. The number of nitrogens with two attached hydrogens (primary N) is 1. The van der Waals surface area contributed by atoms with Crippen LogP contribution >= 0.6 is 0 Å². The third-order valence-corrected chi connectivity index (χ3v) is 2.19. The van der Waals surface area contributed by atoms with E-state index in [4.69, 9.17) is 15.3 Å². The molecule has 0 bridgehead atoms. The van der Waals surface area contributed by atoms with Gasteiger partial charge in [-0.15, -0.1) is 0 Å². The van der Waals surface area contributed by atoms with Crippen LogP contribution in [-0.2, 0) is 9.53 Å². The molecule has 0 aliphatic heterocycles. The minimum Gasteiger partial charge on any atom is -0.467 e. The molecule has 0 aliphatic rings. The van der Waals surface area contributed by atoms with E-state index in [9.17, 15) is 4.79 Å². The first-order valence-corrected chi connectivity index (χ1v) is 5.95. The standard InChI is InChI=1S/C10H19N7O3/c1-19-6-5-12-7(18)3-4-13-8-14-9(17-11)16-10(15-8)20-2/h3-6,11H2,1-2H3,(H,12,18)(H2,13,14,15,16,17). The fraction of sp³-hybridized carbons (Fsp3) is 0.600. The molecule has 0 radical (unpaired) electrons. The Bertz CT molecular complexity index is 407. The number of hydrogen-bond donors (Lipinski definition) is 4. The summed E-state index contributed by atoms with van der Waals surface area (Å²) in [7, 11) is 3.01. The minimum absolute atomic E-state index is 0.0901. The highest BCUT2D eigenvalue weighted by Crippen LogP contribution is 2.09. The van der Waals surface area contributed by atoms with E-state index >= 15 is 0 Å². The summed E-state index contributed by atoms with van der Waals surface area (Å²) in [5.41, 5.74) is 2.30. The number of hydrazine groups is 1. The average Bonchev–Trinajstić information content (AvgIpc) is 2.47. The number of hydrogen-bond acceptors (Lipinski definition) is 9. The Morgan fingerprint density at radius 1 is 1.20 bits per heavy atom. The fourth-order valence-corrected chi connectivity index (χ4v) is 1.26. The van der Waals surface area contributed by atoms with Gasteiger partial charge in [0.15, 0.2) is 0 Å². The zero-order valence-electron chi connectivity index (χ0n) is 11.5. The number of methoxy groups -OCH3 is 2. The van der Waals surface area contributed by atoms with Crippen LogP contribution in [0, 0.1) is 0 Å². The number of amides is 1. The second kappa shape index (κ2) is 8.82. The molecule has 0 spiro atoms. The molecule has 10 nitrogen and oxygen atoms in total. The number of ether oxygens (including phenoxy) is 2. The Morgan fingerprint density at radius 3 is 2.60 bits per heavy atom. The number of anilines is 2. The molecule has 1 rings (SSSR count). The summed E-state index contributed by atoms with van der Waals surface area (Å²) in [6, 6.07) is 0.125. The molecule has 112 valence electrons. The average molecular weight is 285 g/mol. The van der Waals surface area contributed by atoms with Gasteiger partial charge in [0.25, 0.3) is 0 Å². The zero-order chi connectivity index (χ0) is 14.8. The molecular weight excluding hydrogens is 266 g/mol. The van der Waals surface area contributed by atoms with Crippen molar-refractivity contribution in [1.82, 2.24) is 20.3 Å². The van der Waals surface area contributed by atoms with Crippen molar-refractivity contribution in [1.29, 1.82) is 0 Å². The fourth-order valence-electron chi connectivity index (χ4n) is 1.26.